The summed E-state index contributed by atoms with van der Waals surface area (Å²) in [6.07, 6.45) is 1.97. The molecule has 8 heteroatoms. The van der Waals surface area contributed by atoms with Crippen molar-refractivity contribution in [3.63, 3.8) is 0 Å². The summed E-state index contributed by atoms with van der Waals surface area (Å²) >= 11 is -3.29. The maximum atomic E-state index is 11.7. The molecule has 0 aliphatic rings. The van der Waals surface area contributed by atoms with Crippen LogP contribution in [-0.4, -0.2) is 49.9 Å². The van der Waals surface area contributed by atoms with Crippen LogP contribution in [0.1, 0.15) is 20.8 Å². The molecule has 0 radical (unpaired) electrons. The molecule has 0 unspecified atom stereocenters. The predicted octanol–water partition coefficient (Wildman–Crippen LogP) is 1.21. The Balaban J connectivity index is 5.89. The van der Waals surface area contributed by atoms with Crippen molar-refractivity contribution in [1.82, 2.24) is 1.93 Å². The molecule has 5 nitrogen and oxygen atoms in total. The molecule has 0 spiro atoms. The van der Waals surface area contributed by atoms with Gasteiger partial charge in [-0.05, 0) is 0 Å². The number of hydrogen-bond acceptors (Lipinski definition) is 4. The Bertz CT molecular complexity index is 385. The Morgan fingerprint density at radius 1 is 0.812 bits per heavy atom. The van der Waals surface area contributed by atoms with Crippen molar-refractivity contribution >= 4 is 38.7 Å². The van der Waals surface area contributed by atoms with E-state index in [1.165, 1.54) is 0 Å². The second-order valence-corrected chi connectivity index (χ2v) is 24.1. The van der Waals surface area contributed by atoms with Gasteiger partial charge in [0.05, 0.1) is 0 Å². The van der Waals surface area contributed by atoms with Crippen LogP contribution in [-0.2, 0) is 20.0 Å². The monoisotopic (exact) mass is 379 g/mol. The second-order valence-electron chi connectivity index (χ2n) is 4.01. The molecular weight excluding hydrogens is 357 g/mol. The Morgan fingerprint density at radius 3 is 1.12 bits per heavy atom. The van der Waals surface area contributed by atoms with Gasteiger partial charge in [-0.2, -0.15) is 0 Å². The number of hydrogen-bond donors (Lipinski definition) is 0. The van der Waals surface area contributed by atoms with Crippen molar-refractivity contribution in [1.29, 1.82) is 0 Å². The van der Waals surface area contributed by atoms with E-state index in [2.05, 4.69) is 0 Å². The van der Waals surface area contributed by atoms with Crippen LogP contribution in [0.15, 0.2) is 0 Å². The van der Waals surface area contributed by atoms with Crippen molar-refractivity contribution < 1.29 is 16.8 Å². The zero-order chi connectivity index (χ0) is 13.2. The van der Waals surface area contributed by atoms with Crippen molar-refractivity contribution in [3.05, 3.63) is 0 Å². The fourth-order valence-electron chi connectivity index (χ4n) is 2.09. The molecule has 0 bridgehead atoms. The van der Waals surface area contributed by atoms with Crippen molar-refractivity contribution in [2.24, 2.45) is 0 Å². The summed E-state index contributed by atoms with van der Waals surface area (Å²) in [6, 6.07) is 0. The summed E-state index contributed by atoms with van der Waals surface area (Å²) in [4.78, 5) is 0. The Labute approximate surface area is 104 Å². The second kappa shape index (κ2) is 5.53. The van der Waals surface area contributed by atoms with Crippen molar-refractivity contribution in [2.75, 3.05) is 12.5 Å². The zero-order valence-corrected chi connectivity index (χ0v) is 15.0. The third-order valence-corrected chi connectivity index (χ3v) is 30.1. The van der Waals surface area contributed by atoms with E-state index in [1.807, 2.05) is 20.8 Å². The van der Waals surface area contributed by atoms with Gasteiger partial charge < -0.3 is 0 Å². The summed E-state index contributed by atoms with van der Waals surface area (Å²) in [5.74, 6) is 0. The first-order chi connectivity index (χ1) is 7.05. The topological polar surface area (TPSA) is 71.5 Å². The first-order valence-corrected chi connectivity index (χ1v) is 16.3. The number of sulfonamides is 2. The summed E-state index contributed by atoms with van der Waals surface area (Å²) in [7, 11) is -7.36. The van der Waals surface area contributed by atoms with Crippen LogP contribution in [0.4, 0.5) is 0 Å². The van der Waals surface area contributed by atoms with Crippen molar-refractivity contribution in [2.45, 2.75) is 34.1 Å². The molecule has 0 N–H and O–H groups in total. The molecule has 98 valence electrons. The quantitative estimate of drug-likeness (QED) is 0.652. The molecule has 0 aromatic carbocycles. The van der Waals surface area contributed by atoms with Crippen LogP contribution in [0.5, 0.6) is 0 Å². The molecule has 0 fully saturated rings. The molecule has 0 aromatic heterocycles. The van der Waals surface area contributed by atoms with Crippen LogP contribution in [0.25, 0.3) is 0 Å². The molecule has 0 aliphatic heterocycles. The van der Waals surface area contributed by atoms with Gasteiger partial charge in [-0.1, -0.05) is 0 Å². The van der Waals surface area contributed by atoms with E-state index in [0.29, 0.717) is 13.3 Å². The predicted molar refractivity (Wildman–Crippen MR) is 68.7 cm³/mol. The third kappa shape index (κ3) is 3.57. The summed E-state index contributed by atoms with van der Waals surface area (Å²) in [5.41, 5.74) is 0. The van der Waals surface area contributed by atoms with Gasteiger partial charge >= 0.3 is 104 Å². The molecular formula is C8H21NO4S2Sn. The van der Waals surface area contributed by atoms with E-state index < -0.39 is 38.7 Å². The summed E-state index contributed by atoms with van der Waals surface area (Å²) < 4.78 is 49.7. The normalized spacial score (nSPS) is 14.4. The molecule has 0 aromatic rings. The van der Waals surface area contributed by atoms with Gasteiger partial charge in [0.25, 0.3) is 0 Å². The first-order valence-electron chi connectivity index (χ1n) is 5.25. The molecule has 0 atom stereocenters. The van der Waals surface area contributed by atoms with E-state index >= 15 is 0 Å². The van der Waals surface area contributed by atoms with E-state index in [0.717, 1.165) is 14.4 Å². The van der Waals surface area contributed by atoms with Gasteiger partial charge in [0.15, 0.2) is 0 Å². The van der Waals surface area contributed by atoms with Crippen LogP contribution >= 0.6 is 0 Å². The molecule has 0 heterocycles. The molecule has 0 aliphatic carbocycles. The van der Waals surface area contributed by atoms with E-state index in [-0.39, 0.29) is 0 Å². The molecule has 0 saturated heterocycles. The maximum absolute atomic E-state index is 11.7. The third-order valence-electron chi connectivity index (χ3n) is 2.96. The van der Waals surface area contributed by atoms with E-state index in [4.69, 9.17) is 0 Å². The zero-order valence-electron chi connectivity index (χ0n) is 10.5. The minimum atomic E-state index is -3.68. The fourth-order valence-corrected chi connectivity index (χ4v) is 29.2. The summed E-state index contributed by atoms with van der Waals surface area (Å²) in [6.45, 7) is 5.69. The van der Waals surface area contributed by atoms with Gasteiger partial charge in [-0.3, -0.25) is 0 Å². The molecule has 0 rings (SSSR count). The number of nitrogens with zero attached hydrogens (tertiary/aromatic N) is 1. The van der Waals surface area contributed by atoms with E-state index in [9.17, 15) is 16.8 Å². The van der Waals surface area contributed by atoms with Crippen LogP contribution in [0.3, 0.4) is 0 Å². The Hall–Kier alpha value is 0.659. The molecule has 0 amide bonds. The number of rotatable bonds is 6. The van der Waals surface area contributed by atoms with Gasteiger partial charge in [0.2, 0.25) is 0 Å². The average molecular weight is 378 g/mol. The van der Waals surface area contributed by atoms with Gasteiger partial charge in [-0.25, -0.2) is 0 Å². The van der Waals surface area contributed by atoms with Crippen LogP contribution < -0.4 is 0 Å². The van der Waals surface area contributed by atoms with Crippen molar-refractivity contribution in [3.8, 4) is 0 Å². The van der Waals surface area contributed by atoms with Gasteiger partial charge in [0, 0.05) is 0 Å². The summed E-state index contributed by atoms with van der Waals surface area (Å²) in [5, 5.41) is 0. The minimum absolute atomic E-state index is 0.682. The SMILES string of the molecule is C[CH2][Sn]([CH2]C)([CH2]C)[N](S(C)(=O)=O)S(C)(=O)=O. The molecule has 16 heavy (non-hydrogen) atoms. The molecule has 0 saturated carbocycles. The first kappa shape index (κ1) is 16.7. The standard InChI is InChI=1S/C2H6NO4S2.3C2H5.Sn/c1-8(4,5)3-9(2,6)7;3*1-2;/h1-2H3;3*1H2,2H3;/q-1;;;;+1. The fraction of sp³-hybridized carbons (Fsp3) is 1.00. The average Bonchev–Trinajstić information content (AvgIpc) is 2.10. The van der Waals surface area contributed by atoms with Crippen LogP contribution in [0, 0.1) is 0 Å². The van der Waals surface area contributed by atoms with Gasteiger partial charge in [-0.15, -0.1) is 0 Å². The Morgan fingerprint density at radius 2 is 1.06 bits per heavy atom. The van der Waals surface area contributed by atoms with Gasteiger partial charge in [0.1, 0.15) is 0 Å². The Kier molecular flexibility index (Phi) is 5.76. The van der Waals surface area contributed by atoms with Crippen LogP contribution in [0.2, 0.25) is 13.3 Å². The van der Waals surface area contributed by atoms with E-state index in [1.54, 1.807) is 0 Å².